The van der Waals surface area contributed by atoms with Gasteiger partial charge in [-0.25, -0.2) is 0 Å². The predicted octanol–water partition coefficient (Wildman–Crippen LogP) is 2.77. The first-order valence-corrected chi connectivity index (χ1v) is 14.3. The summed E-state index contributed by atoms with van der Waals surface area (Å²) in [6, 6.07) is 8.29. The van der Waals surface area contributed by atoms with Crippen LogP contribution < -0.4 is 0 Å². The van der Waals surface area contributed by atoms with Crippen molar-refractivity contribution in [1.82, 2.24) is 14.7 Å². The third-order valence-corrected chi connectivity index (χ3v) is 8.97. The summed E-state index contributed by atoms with van der Waals surface area (Å²) in [5.41, 5.74) is -1.35. The number of aliphatic hydroxyl groups is 1. The Morgan fingerprint density at radius 2 is 1.67 bits per heavy atom. The molecule has 4 heterocycles. The Morgan fingerprint density at radius 1 is 0.974 bits per heavy atom. The van der Waals surface area contributed by atoms with Gasteiger partial charge >= 0.3 is 0 Å². The summed E-state index contributed by atoms with van der Waals surface area (Å²) >= 11 is 0. The lowest BCUT2D eigenvalue weighted by molar-refractivity contribution is -0.157. The van der Waals surface area contributed by atoms with E-state index in [0.29, 0.717) is 26.2 Å². The number of aliphatic hydroxyl groups excluding tert-OH is 1. The monoisotopic (exact) mass is 535 g/mol. The van der Waals surface area contributed by atoms with E-state index in [1.165, 1.54) is 0 Å². The number of rotatable bonds is 8. The van der Waals surface area contributed by atoms with Crippen LogP contribution in [0.25, 0.3) is 0 Å². The molecule has 1 aromatic rings. The van der Waals surface area contributed by atoms with Crippen LogP contribution in [0.3, 0.4) is 0 Å². The number of benzene rings is 1. The number of carbonyl (C=O) groups excluding carboxylic acids is 3. The van der Waals surface area contributed by atoms with Gasteiger partial charge in [0.1, 0.15) is 11.6 Å². The fraction of sp³-hybridized carbons (Fsp3) is 0.581. The minimum Gasteiger partial charge on any atom is -0.394 e. The quantitative estimate of drug-likeness (QED) is 0.517. The van der Waals surface area contributed by atoms with Crippen LogP contribution in [0.1, 0.15) is 46.1 Å². The van der Waals surface area contributed by atoms with E-state index in [-0.39, 0.29) is 30.2 Å². The van der Waals surface area contributed by atoms with Crippen LogP contribution in [-0.2, 0) is 25.7 Å². The van der Waals surface area contributed by atoms with Gasteiger partial charge in [-0.1, -0.05) is 81.8 Å². The highest BCUT2D eigenvalue weighted by molar-refractivity contribution is 6.00. The second kappa shape index (κ2) is 10.5. The van der Waals surface area contributed by atoms with Crippen molar-refractivity contribution >= 4 is 17.7 Å². The molecule has 39 heavy (non-hydrogen) atoms. The normalized spacial score (nSPS) is 32.8. The molecular formula is C31H41N3O5. The number of ether oxygens (including phenoxy) is 1. The third-order valence-electron chi connectivity index (χ3n) is 8.97. The molecule has 4 aliphatic heterocycles. The molecule has 5 rings (SSSR count). The van der Waals surface area contributed by atoms with Crippen LogP contribution in [0.4, 0.5) is 0 Å². The van der Waals surface area contributed by atoms with E-state index in [1.807, 2.05) is 75.4 Å². The summed E-state index contributed by atoms with van der Waals surface area (Å²) in [4.78, 5) is 48.2. The van der Waals surface area contributed by atoms with E-state index < -0.39 is 35.1 Å². The van der Waals surface area contributed by atoms with Crippen LogP contribution in [0.2, 0.25) is 0 Å². The molecule has 1 unspecified atom stereocenters. The zero-order valence-electron chi connectivity index (χ0n) is 23.5. The maximum absolute atomic E-state index is 14.5. The molecule has 8 heteroatoms. The fourth-order valence-electron chi connectivity index (χ4n) is 7.03. The highest BCUT2D eigenvalue weighted by atomic mass is 16.5. The predicted molar refractivity (Wildman–Crippen MR) is 147 cm³/mol. The van der Waals surface area contributed by atoms with Gasteiger partial charge in [-0.05, 0) is 24.8 Å². The van der Waals surface area contributed by atoms with Gasteiger partial charge in [0.05, 0.1) is 30.1 Å². The number of hydrogen-bond acceptors (Lipinski definition) is 5. The molecule has 2 fully saturated rings. The smallest absolute Gasteiger partial charge is 0.249 e. The van der Waals surface area contributed by atoms with Crippen LogP contribution in [0.15, 0.2) is 54.6 Å². The highest BCUT2D eigenvalue weighted by Gasteiger charge is 2.75. The number of likely N-dealkylation sites (tertiary alicyclic amines) is 1. The third kappa shape index (κ3) is 4.42. The molecule has 210 valence electrons. The zero-order chi connectivity index (χ0) is 27.9. The molecule has 0 saturated carbocycles. The van der Waals surface area contributed by atoms with Crippen molar-refractivity contribution in [3.05, 3.63) is 60.2 Å². The van der Waals surface area contributed by atoms with Crippen LogP contribution >= 0.6 is 0 Å². The topological polar surface area (TPSA) is 90.4 Å². The Kier molecular flexibility index (Phi) is 7.46. The lowest BCUT2D eigenvalue weighted by Gasteiger charge is -2.41. The zero-order valence-corrected chi connectivity index (χ0v) is 23.5. The van der Waals surface area contributed by atoms with E-state index in [4.69, 9.17) is 4.74 Å². The second-order valence-corrected chi connectivity index (χ2v) is 11.9. The van der Waals surface area contributed by atoms with Crippen molar-refractivity contribution < 1.29 is 24.2 Å². The van der Waals surface area contributed by atoms with Crippen molar-refractivity contribution in [2.24, 2.45) is 17.8 Å². The number of unbranched alkanes of at least 4 members (excludes halogenated alkanes) is 1. The van der Waals surface area contributed by atoms with E-state index in [0.717, 1.165) is 18.4 Å². The molecule has 6 atom stereocenters. The average molecular weight is 536 g/mol. The average Bonchev–Trinajstić information content (AvgIpc) is 3.18. The van der Waals surface area contributed by atoms with Gasteiger partial charge in [-0.2, -0.15) is 0 Å². The Balaban J connectivity index is 1.60. The van der Waals surface area contributed by atoms with Crippen LogP contribution in [0.5, 0.6) is 0 Å². The summed E-state index contributed by atoms with van der Waals surface area (Å²) in [5.74, 6) is -2.39. The highest BCUT2D eigenvalue weighted by Crippen LogP contribution is 2.58. The maximum atomic E-state index is 14.5. The number of carbonyl (C=O) groups is 3. The van der Waals surface area contributed by atoms with Crippen molar-refractivity contribution in [1.29, 1.82) is 0 Å². The Labute approximate surface area is 231 Å². The molecule has 2 saturated heterocycles. The Hall–Kier alpha value is -2.97. The number of fused-ring (bicyclic) bond motifs is 2. The van der Waals surface area contributed by atoms with Crippen molar-refractivity contribution in [2.45, 2.75) is 70.4 Å². The minimum atomic E-state index is -1.30. The maximum Gasteiger partial charge on any atom is 0.249 e. The molecule has 8 nitrogen and oxygen atoms in total. The Morgan fingerprint density at radius 3 is 2.33 bits per heavy atom. The van der Waals surface area contributed by atoms with Crippen LogP contribution in [0, 0.1) is 17.8 Å². The van der Waals surface area contributed by atoms with Gasteiger partial charge in [-0.3, -0.25) is 14.4 Å². The molecule has 4 aliphatic rings. The van der Waals surface area contributed by atoms with E-state index in [2.05, 4.69) is 6.92 Å². The fourth-order valence-corrected chi connectivity index (χ4v) is 7.03. The molecular weight excluding hydrogens is 494 g/mol. The van der Waals surface area contributed by atoms with Crippen molar-refractivity contribution in [2.75, 3.05) is 26.2 Å². The molecule has 0 radical (unpaired) electrons. The largest absolute Gasteiger partial charge is 0.394 e. The van der Waals surface area contributed by atoms with Gasteiger partial charge in [0, 0.05) is 26.2 Å². The van der Waals surface area contributed by atoms with E-state index in [1.54, 1.807) is 14.7 Å². The number of hydrogen-bond donors (Lipinski definition) is 1. The van der Waals surface area contributed by atoms with Gasteiger partial charge < -0.3 is 24.5 Å². The summed E-state index contributed by atoms with van der Waals surface area (Å²) < 4.78 is 6.88. The molecule has 1 aromatic carbocycles. The lowest BCUT2D eigenvalue weighted by atomic mass is 9.74. The van der Waals surface area contributed by atoms with Crippen molar-refractivity contribution in [3.63, 3.8) is 0 Å². The van der Waals surface area contributed by atoms with Crippen LogP contribution in [-0.4, -0.2) is 87.1 Å². The van der Waals surface area contributed by atoms with Gasteiger partial charge in [-0.15, -0.1) is 0 Å². The summed E-state index contributed by atoms with van der Waals surface area (Å²) in [7, 11) is 0. The van der Waals surface area contributed by atoms with Gasteiger partial charge in [0.25, 0.3) is 0 Å². The standard InChI is InChI=1S/C31H41N3O5/c1-5-6-16-32-17-11-15-31-25(28(37)34(26(31)29(32)38)23(20-35)21(2)3)24-27(36)33(18-10-14-30(24,4)39-31)19-22-12-8-7-9-13-22/h7-15,21,23-26,35H,5-6,16-20H2,1-4H3/t23-,24-,25-,26?,30+,31-/m0/s1. The van der Waals surface area contributed by atoms with E-state index >= 15 is 0 Å². The summed E-state index contributed by atoms with van der Waals surface area (Å²) in [5, 5.41) is 10.4. The first-order valence-electron chi connectivity index (χ1n) is 14.3. The molecule has 0 bridgehead atoms. The lowest BCUT2D eigenvalue weighted by Crippen LogP contribution is -2.59. The summed E-state index contributed by atoms with van der Waals surface area (Å²) in [6.07, 6.45) is 9.43. The minimum absolute atomic E-state index is 0.0929. The molecule has 0 aromatic heterocycles. The number of amides is 3. The number of nitrogens with zero attached hydrogens (tertiary/aromatic N) is 3. The molecule has 3 amide bonds. The van der Waals surface area contributed by atoms with E-state index in [9.17, 15) is 19.5 Å². The first kappa shape index (κ1) is 27.6. The summed E-state index contributed by atoms with van der Waals surface area (Å²) in [6.45, 7) is 9.38. The molecule has 0 aliphatic carbocycles. The molecule has 1 N–H and O–H groups in total. The Bertz CT molecular complexity index is 1170. The SMILES string of the molecule is CCCCN1CC=C[C@]23O[C@]4(C)C=CCN(Cc5ccccc5)C(=O)[C@@H]4[C@H]2C(=O)N([C@@H](CO)C(C)C)C3C1=O. The van der Waals surface area contributed by atoms with Gasteiger partial charge in [0.2, 0.25) is 17.7 Å². The first-order chi connectivity index (χ1) is 18.7. The van der Waals surface area contributed by atoms with Crippen molar-refractivity contribution in [3.8, 4) is 0 Å². The second-order valence-electron chi connectivity index (χ2n) is 11.9. The van der Waals surface area contributed by atoms with Gasteiger partial charge in [0.15, 0.2) is 0 Å². The molecule has 1 spiro atoms.